The fourth-order valence-electron chi connectivity index (χ4n) is 1.47. The lowest BCUT2D eigenvalue weighted by molar-refractivity contribution is 0.0588. The maximum Gasteiger partial charge on any atom is 0.0580 e. The van der Waals surface area contributed by atoms with Crippen molar-refractivity contribution in [2.75, 3.05) is 6.54 Å². The smallest absolute Gasteiger partial charge is 0.0580 e. The Bertz CT molecular complexity index is 327. The number of hydrogen-bond donors (Lipinski definition) is 2. The highest BCUT2D eigenvalue weighted by atomic mass is 79.9. The Kier molecular flexibility index (Phi) is 4.32. The van der Waals surface area contributed by atoms with Crippen LogP contribution in [0.25, 0.3) is 0 Å². The summed E-state index contributed by atoms with van der Waals surface area (Å²) in [5, 5.41) is 9.73. The molecule has 2 unspecified atom stereocenters. The van der Waals surface area contributed by atoms with E-state index in [1.54, 1.807) is 6.92 Å². The third-order valence-electron chi connectivity index (χ3n) is 3.03. The van der Waals surface area contributed by atoms with Crippen LogP contribution >= 0.6 is 15.9 Å². The Labute approximate surface area is 99.6 Å². The zero-order valence-electron chi connectivity index (χ0n) is 9.20. The van der Waals surface area contributed by atoms with Gasteiger partial charge in [-0.15, -0.1) is 0 Å². The van der Waals surface area contributed by atoms with Gasteiger partial charge in [-0.2, -0.15) is 0 Å². The second kappa shape index (κ2) is 5.10. The largest absolute Gasteiger partial charge is 0.393 e. The van der Waals surface area contributed by atoms with Crippen LogP contribution in [-0.4, -0.2) is 17.8 Å². The average molecular weight is 272 g/mol. The second-order valence-corrected chi connectivity index (χ2v) is 5.16. The van der Waals surface area contributed by atoms with Gasteiger partial charge in [0.15, 0.2) is 0 Å². The molecule has 0 saturated carbocycles. The first-order valence-electron chi connectivity index (χ1n) is 5.11. The molecule has 3 N–H and O–H groups in total. The van der Waals surface area contributed by atoms with Gasteiger partial charge >= 0.3 is 0 Å². The van der Waals surface area contributed by atoms with Crippen LogP contribution in [-0.2, 0) is 6.42 Å². The summed E-state index contributed by atoms with van der Waals surface area (Å²) in [6, 6.07) is 8.05. The summed E-state index contributed by atoms with van der Waals surface area (Å²) >= 11 is 3.50. The maximum absolute atomic E-state index is 9.73. The molecular formula is C12H18BrNO. The van der Waals surface area contributed by atoms with Crippen LogP contribution in [0.2, 0.25) is 0 Å². The Balaban J connectivity index is 2.89. The molecule has 1 aromatic rings. The number of hydrogen-bond acceptors (Lipinski definition) is 2. The van der Waals surface area contributed by atoms with Crippen LogP contribution in [0.3, 0.4) is 0 Å². The minimum absolute atomic E-state index is 0.260. The third kappa shape index (κ3) is 3.03. The first-order chi connectivity index (χ1) is 6.99. The van der Waals surface area contributed by atoms with Crippen LogP contribution in [0.4, 0.5) is 0 Å². The number of halogens is 1. The normalized spacial score (nSPS) is 17.1. The quantitative estimate of drug-likeness (QED) is 0.883. The van der Waals surface area contributed by atoms with Crippen LogP contribution in [0, 0.1) is 5.41 Å². The molecule has 0 aliphatic heterocycles. The molecule has 0 amide bonds. The summed E-state index contributed by atoms with van der Waals surface area (Å²) in [5.41, 5.74) is 6.66. The van der Waals surface area contributed by atoms with Crippen molar-refractivity contribution in [1.29, 1.82) is 0 Å². The van der Waals surface area contributed by atoms with Gasteiger partial charge in [0.1, 0.15) is 0 Å². The molecule has 1 rings (SSSR count). The van der Waals surface area contributed by atoms with E-state index >= 15 is 0 Å². The van der Waals surface area contributed by atoms with Gasteiger partial charge in [0, 0.05) is 16.4 Å². The summed E-state index contributed by atoms with van der Waals surface area (Å²) < 4.78 is 1.07. The minimum Gasteiger partial charge on any atom is -0.393 e. The summed E-state index contributed by atoms with van der Waals surface area (Å²) in [6.07, 6.45) is 0.373. The highest BCUT2D eigenvalue weighted by Gasteiger charge is 2.29. The first kappa shape index (κ1) is 12.7. The van der Waals surface area contributed by atoms with E-state index < -0.39 is 6.10 Å². The van der Waals surface area contributed by atoms with Gasteiger partial charge in [0.05, 0.1) is 6.10 Å². The number of aliphatic hydroxyl groups excluding tert-OH is 1. The molecule has 15 heavy (non-hydrogen) atoms. The zero-order valence-corrected chi connectivity index (χ0v) is 10.8. The predicted octanol–water partition coefficient (Wildman–Crippen LogP) is 2.34. The highest BCUT2D eigenvalue weighted by Crippen LogP contribution is 2.29. The molecule has 0 bridgehead atoms. The van der Waals surface area contributed by atoms with Gasteiger partial charge in [0.25, 0.3) is 0 Å². The molecule has 84 valence electrons. The van der Waals surface area contributed by atoms with Crippen molar-refractivity contribution in [3.05, 3.63) is 34.3 Å². The van der Waals surface area contributed by atoms with Crippen molar-refractivity contribution in [3.8, 4) is 0 Å². The molecule has 3 heteroatoms. The Morgan fingerprint density at radius 2 is 2.07 bits per heavy atom. The molecule has 0 saturated heterocycles. The zero-order chi connectivity index (χ0) is 11.5. The fraction of sp³-hybridized carbons (Fsp3) is 0.500. The van der Waals surface area contributed by atoms with Crippen LogP contribution < -0.4 is 5.73 Å². The number of aliphatic hydroxyl groups is 1. The van der Waals surface area contributed by atoms with Crippen molar-refractivity contribution >= 4 is 15.9 Å². The molecule has 0 heterocycles. The van der Waals surface area contributed by atoms with E-state index in [4.69, 9.17) is 5.73 Å². The summed E-state index contributed by atoms with van der Waals surface area (Å²) in [6.45, 7) is 4.28. The molecule has 2 atom stereocenters. The molecule has 0 radical (unpaired) electrons. The molecular weight excluding hydrogens is 254 g/mol. The van der Waals surface area contributed by atoms with Gasteiger partial charge in [-0.1, -0.05) is 41.1 Å². The summed E-state index contributed by atoms with van der Waals surface area (Å²) in [7, 11) is 0. The monoisotopic (exact) mass is 271 g/mol. The first-order valence-corrected chi connectivity index (χ1v) is 5.90. The van der Waals surface area contributed by atoms with Gasteiger partial charge in [-0.25, -0.2) is 0 Å². The van der Waals surface area contributed by atoms with E-state index in [1.165, 1.54) is 5.56 Å². The van der Waals surface area contributed by atoms with Crippen molar-refractivity contribution in [1.82, 2.24) is 0 Å². The van der Waals surface area contributed by atoms with Gasteiger partial charge in [0.2, 0.25) is 0 Å². The summed E-state index contributed by atoms with van der Waals surface area (Å²) in [5.74, 6) is 0. The lowest BCUT2D eigenvalue weighted by Crippen LogP contribution is -2.39. The predicted molar refractivity (Wildman–Crippen MR) is 66.7 cm³/mol. The lowest BCUT2D eigenvalue weighted by Gasteiger charge is -2.31. The molecule has 1 aromatic carbocycles. The lowest BCUT2D eigenvalue weighted by atomic mass is 9.79. The van der Waals surface area contributed by atoms with Crippen molar-refractivity contribution in [2.45, 2.75) is 26.4 Å². The summed E-state index contributed by atoms with van der Waals surface area (Å²) in [4.78, 5) is 0. The number of rotatable bonds is 4. The molecule has 0 fully saturated rings. The van der Waals surface area contributed by atoms with E-state index in [-0.39, 0.29) is 5.41 Å². The second-order valence-electron chi connectivity index (χ2n) is 4.30. The Morgan fingerprint density at radius 3 is 2.53 bits per heavy atom. The van der Waals surface area contributed by atoms with Crippen molar-refractivity contribution in [3.63, 3.8) is 0 Å². The highest BCUT2D eigenvalue weighted by molar-refractivity contribution is 9.10. The van der Waals surface area contributed by atoms with Crippen LogP contribution in [0.15, 0.2) is 28.7 Å². The van der Waals surface area contributed by atoms with Crippen LogP contribution in [0.5, 0.6) is 0 Å². The Hall–Kier alpha value is -0.380. The van der Waals surface area contributed by atoms with Gasteiger partial charge < -0.3 is 10.8 Å². The SMILES string of the molecule is CC(O)C(C)(CN)Cc1ccccc1Br. The topological polar surface area (TPSA) is 46.2 Å². The van der Waals surface area contributed by atoms with Gasteiger partial charge in [-0.3, -0.25) is 0 Å². The minimum atomic E-state index is -0.408. The standard InChI is InChI=1S/C12H18BrNO/c1-9(15)12(2,8-14)7-10-5-3-4-6-11(10)13/h3-6,9,15H,7-8,14H2,1-2H3. The fourth-order valence-corrected chi connectivity index (χ4v) is 1.89. The van der Waals surface area contributed by atoms with Gasteiger partial charge in [-0.05, 0) is 25.0 Å². The van der Waals surface area contributed by atoms with E-state index in [2.05, 4.69) is 22.0 Å². The van der Waals surface area contributed by atoms with Crippen LogP contribution in [0.1, 0.15) is 19.4 Å². The molecule has 0 aliphatic rings. The van der Waals surface area contributed by atoms with Crippen molar-refractivity contribution < 1.29 is 5.11 Å². The number of benzene rings is 1. The molecule has 2 nitrogen and oxygen atoms in total. The van der Waals surface area contributed by atoms with E-state index in [0.29, 0.717) is 6.54 Å². The maximum atomic E-state index is 9.73. The third-order valence-corrected chi connectivity index (χ3v) is 3.80. The van der Waals surface area contributed by atoms with E-state index in [9.17, 15) is 5.11 Å². The molecule has 0 aromatic heterocycles. The average Bonchev–Trinajstić information content (AvgIpc) is 2.21. The Morgan fingerprint density at radius 1 is 1.47 bits per heavy atom. The van der Waals surface area contributed by atoms with Crippen molar-refractivity contribution in [2.24, 2.45) is 11.1 Å². The number of nitrogens with two attached hydrogens (primary N) is 1. The molecule has 0 spiro atoms. The molecule has 0 aliphatic carbocycles. The van der Waals surface area contributed by atoms with E-state index in [0.717, 1.165) is 10.9 Å². The van der Waals surface area contributed by atoms with E-state index in [1.807, 2.05) is 25.1 Å².